The fourth-order valence-electron chi connectivity index (χ4n) is 4.25. The van der Waals surface area contributed by atoms with E-state index in [1.54, 1.807) is 0 Å². The van der Waals surface area contributed by atoms with Gasteiger partial charge < -0.3 is 10.6 Å². The molecule has 0 saturated heterocycles. The summed E-state index contributed by atoms with van der Waals surface area (Å²) in [6.07, 6.45) is 6.25. The Kier molecular flexibility index (Phi) is 9.64. The summed E-state index contributed by atoms with van der Waals surface area (Å²) in [5.41, 5.74) is 8.21. The maximum absolute atomic E-state index is 8.49. The number of nitrogens with one attached hydrogen (secondary N) is 2. The Hall–Kier alpha value is -4.24. The molecule has 0 heterocycles. The van der Waals surface area contributed by atoms with E-state index in [0.717, 1.165) is 35.6 Å². The van der Waals surface area contributed by atoms with Crippen LogP contribution in [0.1, 0.15) is 12.8 Å². The Morgan fingerprint density at radius 1 is 0.513 bits per heavy atom. The van der Waals surface area contributed by atoms with Gasteiger partial charge in [0.1, 0.15) is 0 Å². The fourth-order valence-corrected chi connectivity index (χ4v) is 4.25. The zero-order valence-corrected chi connectivity index (χ0v) is 21.8. The number of benzene rings is 4. The van der Waals surface area contributed by atoms with E-state index in [9.17, 15) is 0 Å². The number of halogens is 1. The first-order valence-corrected chi connectivity index (χ1v) is 13.5. The minimum Gasteiger partial charge on any atom is -0.361 e. The van der Waals surface area contributed by atoms with Gasteiger partial charge in [0.25, 0.3) is 0 Å². The molecule has 4 aromatic rings. The standard InChI is InChI=1S/C31H27N3.ClHO4/c1-5-13-27(14-6-1)32-23-25-21-22-26(24-33-28-15-7-2-8-16-28)31(25)34(29-17-9-3-10-18-29)30-19-11-4-12-20-30;2-1(3,4)5/h1-20,23-24H,21-22H2,(H,32,33);(H,2,3,4,5). The molecule has 1 aliphatic rings. The summed E-state index contributed by atoms with van der Waals surface area (Å²) in [7, 11) is -4.94. The molecule has 0 bridgehead atoms. The molecule has 7 nitrogen and oxygen atoms in total. The molecule has 0 spiro atoms. The number of hydrogen-bond acceptors (Lipinski definition) is 6. The first-order chi connectivity index (χ1) is 18.9. The van der Waals surface area contributed by atoms with Crippen LogP contribution in [0.3, 0.4) is 0 Å². The maximum atomic E-state index is 8.49. The lowest BCUT2D eigenvalue weighted by molar-refractivity contribution is -2.00. The van der Waals surface area contributed by atoms with E-state index >= 15 is 0 Å². The normalized spacial score (nSPS) is 15.0. The Morgan fingerprint density at radius 3 is 1.15 bits per heavy atom. The topological polar surface area (TPSA) is 119 Å². The number of nitrogens with zero attached hydrogens (tertiary/aromatic N) is 1. The first kappa shape index (κ1) is 27.8. The lowest BCUT2D eigenvalue weighted by Gasteiger charge is -2.17. The molecule has 0 atom stereocenters. The highest BCUT2D eigenvalue weighted by Gasteiger charge is 2.32. The van der Waals surface area contributed by atoms with Crippen molar-refractivity contribution in [3.05, 3.63) is 145 Å². The minimum absolute atomic E-state index is 0.966. The van der Waals surface area contributed by atoms with Crippen LogP contribution in [0.25, 0.3) is 0 Å². The Labute approximate surface area is 230 Å². The smallest absolute Gasteiger partial charge is 0.221 e. The molecular formula is C31H28ClN3O4. The molecule has 198 valence electrons. The van der Waals surface area contributed by atoms with E-state index in [0.29, 0.717) is 0 Å². The molecule has 1 fully saturated rings. The SMILES string of the molecule is C(/Nc1ccccc1)=C1/CC/C(=C\Nc2ccccc2)C1=[N+](c1ccccc1)c1ccccc1.[O-][Cl+3]([O-])([O-])[O-]. The summed E-state index contributed by atoms with van der Waals surface area (Å²) in [5.74, 6) is 0. The zero-order chi connectivity index (χ0) is 27.5. The predicted octanol–water partition coefficient (Wildman–Crippen LogP) is 2.99. The summed E-state index contributed by atoms with van der Waals surface area (Å²) >= 11 is 0. The van der Waals surface area contributed by atoms with Crippen molar-refractivity contribution in [3.8, 4) is 0 Å². The van der Waals surface area contributed by atoms with Gasteiger partial charge in [-0.1, -0.05) is 72.8 Å². The minimum atomic E-state index is -4.94. The number of anilines is 2. The van der Waals surface area contributed by atoms with Crippen LogP contribution in [0.4, 0.5) is 22.7 Å². The molecular weight excluding hydrogens is 514 g/mol. The predicted molar refractivity (Wildman–Crippen MR) is 145 cm³/mol. The van der Waals surface area contributed by atoms with E-state index in [2.05, 4.69) is 137 Å². The highest BCUT2D eigenvalue weighted by molar-refractivity contribution is 6.17. The van der Waals surface area contributed by atoms with Gasteiger partial charge >= 0.3 is 0 Å². The van der Waals surface area contributed by atoms with Gasteiger partial charge in [-0.05, 0) is 37.1 Å². The van der Waals surface area contributed by atoms with Crippen LogP contribution in [-0.4, -0.2) is 5.71 Å². The summed E-state index contributed by atoms with van der Waals surface area (Å²) < 4.78 is 36.3. The van der Waals surface area contributed by atoms with Gasteiger partial charge in [0.15, 0.2) is 0 Å². The molecule has 5 rings (SSSR count). The van der Waals surface area contributed by atoms with Crippen molar-refractivity contribution in [1.82, 2.24) is 4.58 Å². The van der Waals surface area contributed by atoms with Gasteiger partial charge in [0, 0.05) is 59.2 Å². The average Bonchev–Trinajstić information content (AvgIpc) is 3.34. The lowest BCUT2D eigenvalue weighted by Crippen LogP contribution is -2.68. The maximum Gasteiger partial charge on any atom is 0.221 e. The van der Waals surface area contributed by atoms with Crippen LogP contribution in [0, 0.1) is 10.2 Å². The van der Waals surface area contributed by atoms with Crippen LogP contribution >= 0.6 is 0 Å². The molecule has 2 N–H and O–H groups in total. The second-order valence-corrected chi connectivity index (χ2v) is 9.35. The summed E-state index contributed by atoms with van der Waals surface area (Å²) in [6.45, 7) is 0. The fraction of sp³-hybridized carbons (Fsp3) is 0.0645. The highest BCUT2D eigenvalue weighted by Crippen LogP contribution is 2.32. The number of para-hydroxylation sites is 4. The van der Waals surface area contributed by atoms with Crippen LogP contribution in [0.5, 0.6) is 0 Å². The molecule has 4 aromatic carbocycles. The Balaban J connectivity index is 0.000000648. The second kappa shape index (κ2) is 13.5. The van der Waals surface area contributed by atoms with E-state index in [-0.39, 0.29) is 0 Å². The Morgan fingerprint density at radius 2 is 0.821 bits per heavy atom. The summed E-state index contributed by atoms with van der Waals surface area (Å²) in [5, 5.41) is 7.02. The zero-order valence-electron chi connectivity index (χ0n) is 21.1. The van der Waals surface area contributed by atoms with Gasteiger partial charge in [-0.2, -0.15) is 4.58 Å². The van der Waals surface area contributed by atoms with Crippen molar-refractivity contribution in [3.63, 3.8) is 0 Å². The molecule has 0 amide bonds. The Bertz CT molecular complexity index is 1310. The largest absolute Gasteiger partial charge is 0.361 e. The summed E-state index contributed by atoms with van der Waals surface area (Å²) in [6, 6.07) is 41.8. The van der Waals surface area contributed by atoms with Gasteiger partial charge in [-0.15, -0.1) is 10.2 Å². The third kappa shape index (κ3) is 8.65. The van der Waals surface area contributed by atoms with Gasteiger partial charge in [-0.25, -0.2) is 18.6 Å². The van der Waals surface area contributed by atoms with Gasteiger partial charge in [-0.3, -0.25) is 0 Å². The third-order valence-electron chi connectivity index (χ3n) is 5.90. The van der Waals surface area contributed by atoms with Crippen molar-refractivity contribution >= 4 is 28.5 Å². The van der Waals surface area contributed by atoms with Crippen molar-refractivity contribution in [1.29, 1.82) is 0 Å². The van der Waals surface area contributed by atoms with Gasteiger partial charge in [0.05, 0.1) is 0 Å². The number of rotatable bonds is 6. The molecule has 0 aromatic heterocycles. The molecule has 1 saturated carbocycles. The van der Waals surface area contributed by atoms with E-state index < -0.39 is 10.2 Å². The third-order valence-corrected chi connectivity index (χ3v) is 5.90. The summed E-state index contributed by atoms with van der Waals surface area (Å²) in [4.78, 5) is 0. The average molecular weight is 542 g/mol. The van der Waals surface area contributed by atoms with E-state index in [4.69, 9.17) is 18.6 Å². The molecule has 8 heteroatoms. The van der Waals surface area contributed by atoms with E-state index in [1.165, 1.54) is 16.9 Å². The van der Waals surface area contributed by atoms with Crippen LogP contribution in [0.2, 0.25) is 0 Å². The van der Waals surface area contributed by atoms with Crippen LogP contribution < -0.4 is 33.8 Å². The highest BCUT2D eigenvalue weighted by atomic mass is 35.7. The van der Waals surface area contributed by atoms with Crippen molar-refractivity contribution in [2.45, 2.75) is 12.8 Å². The molecule has 1 aliphatic carbocycles. The first-order valence-electron chi connectivity index (χ1n) is 12.3. The molecule has 0 unspecified atom stereocenters. The molecule has 0 radical (unpaired) electrons. The van der Waals surface area contributed by atoms with Crippen molar-refractivity contribution < 1.29 is 28.9 Å². The molecule has 0 aliphatic heterocycles. The van der Waals surface area contributed by atoms with Crippen molar-refractivity contribution in [2.75, 3.05) is 10.6 Å². The monoisotopic (exact) mass is 541 g/mol. The van der Waals surface area contributed by atoms with Crippen molar-refractivity contribution in [2.24, 2.45) is 0 Å². The van der Waals surface area contributed by atoms with Gasteiger partial charge in [0.2, 0.25) is 17.1 Å². The number of hydrogen-bond donors (Lipinski definition) is 2. The quantitative estimate of drug-likeness (QED) is 0.362. The molecule has 39 heavy (non-hydrogen) atoms. The number of allylic oxidation sites excluding steroid dienone is 2. The van der Waals surface area contributed by atoms with E-state index in [1.807, 2.05) is 12.1 Å². The van der Waals surface area contributed by atoms with Crippen LogP contribution in [-0.2, 0) is 0 Å². The lowest BCUT2D eigenvalue weighted by atomic mass is 10.1. The van der Waals surface area contributed by atoms with Crippen LogP contribution in [0.15, 0.2) is 145 Å². The second-order valence-electron chi connectivity index (χ2n) is 8.59.